The third-order valence-electron chi connectivity index (χ3n) is 4.55. The Morgan fingerprint density at radius 3 is 2.33 bits per heavy atom. The smallest absolute Gasteiger partial charge is 0.368 e. The van der Waals surface area contributed by atoms with E-state index in [9.17, 15) is 18.0 Å². The Morgan fingerprint density at radius 1 is 1.04 bits per heavy atom. The number of hydrogen-bond donors (Lipinski definition) is 0. The summed E-state index contributed by atoms with van der Waals surface area (Å²) in [6, 6.07) is 13.4. The van der Waals surface area contributed by atoms with Crippen LogP contribution in [0.3, 0.4) is 0 Å². The van der Waals surface area contributed by atoms with E-state index in [0.717, 1.165) is 11.0 Å². The normalized spacial score (nSPS) is 15.1. The van der Waals surface area contributed by atoms with Crippen molar-refractivity contribution in [1.29, 1.82) is 0 Å². The van der Waals surface area contributed by atoms with Crippen molar-refractivity contribution in [2.45, 2.75) is 18.0 Å². The molecule has 0 atom stereocenters. The van der Waals surface area contributed by atoms with Crippen LogP contribution in [0, 0.1) is 6.92 Å². The quantitative estimate of drug-likeness (QED) is 0.716. The molecular formula is C20H21F3N2OS. The van der Waals surface area contributed by atoms with Crippen molar-refractivity contribution < 1.29 is 18.0 Å². The number of anilines is 1. The van der Waals surface area contributed by atoms with E-state index in [4.69, 9.17) is 0 Å². The lowest BCUT2D eigenvalue weighted by Gasteiger charge is -2.36. The summed E-state index contributed by atoms with van der Waals surface area (Å²) < 4.78 is 38.6. The fourth-order valence-electron chi connectivity index (χ4n) is 2.96. The predicted molar refractivity (Wildman–Crippen MR) is 102 cm³/mol. The highest BCUT2D eigenvalue weighted by Crippen LogP contribution is 2.32. The molecule has 0 aromatic heterocycles. The molecule has 0 aliphatic carbocycles. The molecule has 1 saturated heterocycles. The fourth-order valence-corrected chi connectivity index (χ4v) is 3.77. The van der Waals surface area contributed by atoms with E-state index in [-0.39, 0.29) is 5.91 Å². The van der Waals surface area contributed by atoms with Gasteiger partial charge < -0.3 is 9.80 Å². The highest BCUT2D eigenvalue weighted by Gasteiger charge is 2.31. The molecule has 2 aromatic carbocycles. The number of hydrogen-bond acceptors (Lipinski definition) is 3. The number of rotatable bonds is 4. The Hall–Kier alpha value is -2.15. The van der Waals surface area contributed by atoms with E-state index in [1.165, 1.54) is 29.5 Å². The first-order chi connectivity index (χ1) is 12.8. The SMILES string of the molecule is Cc1ccc(SCC(=O)N2CCN(c3cccc(C(F)(F)F)c3)CC2)cc1. The molecule has 1 aliphatic heterocycles. The first kappa shape index (κ1) is 19.6. The first-order valence-electron chi connectivity index (χ1n) is 8.72. The molecule has 0 N–H and O–H groups in total. The van der Waals surface area contributed by atoms with Crippen LogP contribution in [-0.2, 0) is 11.0 Å². The summed E-state index contributed by atoms with van der Waals surface area (Å²) in [6.45, 7) is 4.11. The van der Waals surface area contributed by atoms with Crippen molar-refractivity contribution in [3.8, 4) is 0 Å². The number of aryl methyl sites for hydroxylation is 1. The van der Waals surface area contributed by atoms with Crippen molar-refractivity contribution >= 4 is 23.4 Å². The Balaban J connectivity index is 1.52. The second-order valence-corrected chi connectivity index (χ2v) is 7.57. The summed E-state index contributed by atoms with van der Waals surface area (Å²) in [7, 11) is 0. The molecule has 1 heterocycles. The number of nitrogens with zero attached hydrogens (tertiary/aromatic N) is 2. The average Bonchev–Trinajstić information content (AvgIpc) is 2.67. The maximum absolute atomic E-state index is 12.9. The summed E-state index contributed by atoms with van der Waals surface area (Å²) in [6.07, 6.45) is -4.35. The van der Waals surface area contributed by atoms with Gasteiger partial charge in [-0.25, -0.2) is 0 Å². The van der Waals surface area contributed by atoms with Gasteiger partial charge in [-0.1, -0.05) is 23.8 Å². The fraction of sp³-hybridized carbons (Fsp3) is 0.350. The van der Waals surface area contributed by atoms with Crippen LogP contribution in [0.15, 0.2) is 53.4 Å². The number of amides is 1. The Kier molecular flexibility index (Phi) is 5.99. The van der Waals surface area contributed by atoms with E-state index in [1.54, 1.807) is 11.0 Å². The third-order valence-corrected chi connectivity index (χ3v) is 5.55. The maximum atomic E-state index is 12.9. The number of alkyl halides is 3. The van der Waals surface area contributed by atoms with Gasteiger partial charge in [-0.15, -0.1) is 11.8 Å². The van der Waals surface area contributed by atoms with Crippen LogP contribution in [0.2, 0.25) is 0 Å². The van der Waals surface area contributed by atoms with Gasteiger partial charge in [0.15, 0.2) is 0 Å². The maximum Gasteiger partial charge on any atom is 0.416 e. The molecule has 144 valence electrons. The van der Waals surface area contributed by atoms with Gasteiger partial charge in [0, 0.05) is 36.8 Å². The molecule has 3 rings (SSSR count). The Bertz CT molecular complexity index is 785. The molecule has 2 aromatic rings. The van der Waals surface area contributed by atoms with Gasteiger partial charge in [0.2, 0.25) is 5.91 Å². The summed E-state index contributed by atoms with van der Waals surface area (Å²) in [5.41, 5.74) is 1.08. The van der Waals surface area contributed by atoms with Crippen LogP contribution in [0.5, 0.6) is 0 Å². The van der Waals surface area contributed by atoms with Gasteiger partial charge in [-0.2, -0.15) is 13.2 Å². The molecular weight excluding hydrogens is 373 g/mol. The van der Waals surface area contributed by atoms with Crippen molar-refractivity contribution in [3.63, 3.8) is 0 Å². The van der Waals surface area contributed by atoms with Crippen molar-refractivity contribution in [1.82, 2.24) is 4.90 Å². The van der Waals surface area contributed by atoms with E-state index in [1.807, 2.05) is 36.1 Å². The van der Waals surface area contributed by atoms with Crippen LogP contribution in [0.1, 0.15) is 11.1 Å². The third kappa shape index (κ3) is 5.19. The lowest BCUT2D eigenvalue weighted by molar-refractivity contribution is -0.137. The van der Waals surface area contributed by atoms with Crippen LogP contribution >= 0.6 is 11.8 Å². The van der Waals surface area contributed by atoms with E-state index >= 15 is 0 Å². The number of halogens is 3. The number of thioether (sulfide) groups is 1. The van der Waals surface area contributed by atoms with Gasteiger partial charge in [0.25, 0.3) is 0 Å². The van der Waals surface area contributed by atoms with Gasteiger partial charge in [-0.05, 0) is 37.3 Å². The van der Waals surface area contributed by atoms with Crippen molar-refractivity contribution in [3.05, 3.63) is 59.7 Å². The molecule has 1 fully saturated rings. The standard InChI is InChI=1S/C20H21F3N2OS/c1-15-5-7-18(8-6-15)27-14-19(26)25-11-9-24(10-12-25)17-4-2-3-16(13-17)20(21,22)23/h2-8,13H,9-12,14H2,1H3. The van der Waals surface area contributed by atoms with Crippen LogP contribution in [0.4, 0.5) is 18.9 Å². The molecule has 27 heavy (non-hydrogen) atoms. The molecule has 7 heteroatoms. The Morgan fingerprint density at radius 2 is 1.70 bits per heavy atom. The molecule has 0 spiro atoms. The zero-order valence-corrected chi connectivity index (χ0v) is 15.8. The minimum Gasteiger partial charge on any atom is -0.368 e. The highest BCUT2D eigenvalue weighted by molar-refractivity contribution is 8.00. The highest BCUT2D eigenvalue weighted by atomic mass is 32.2. The molecule has 0 unspecified atom stereocenters. The minimum atomic E-state index is -4.35. The lowest BCUT2D eigenvalue weighted by Crippen LogP contribution is -2.49. The molecule has 0 saturated carbocycles. The largest absolute Gasteiger partial charge is 0.416 e. The van der Waals surface area contributed by atoms with Crippen LogP contribution in [-0.4, -0.2) is 42.7 Å². The second kappa shape index (κ2) is 8.25. The molecule has 1 amide bonds. The topological polar surface area (TPSA) is 23.6 Å². The zero-order chi connectivity index (χ0) is 19.4. The summed E-state index contributed by atoms with van der Waals surface area (Å²) in [5, 5.41) is 0. The summed E-state index contributed by atoms with van der Waals surface area (Å²) >= 11 is 1.50. The number of benzene rings is 2. The number of carbonyl (C=O) groups excluding carboxylic acids is 1. The van der Waals surface area contributed by atoms with Gasteiger partial charge in [0.1, 0.15) is 0 Å². The molecule has 3 nitrogen and oxygen atoms in total. The van der Waals surface area contributed by atoms with Crippen LogP contribution in [0.25, 0.3) is 0 Å². The van der Waals surface area contributed by atoms with E-state index in [0.29, 0.717) is 37.6 Å². The van der Waals surface area contributed by atoms with Crippen molar-refractivity contribution in [2.24, 2.45) is 0 Å². The molecule has 0 bridgehead atoms. The summed E-state index contributed by atoms with van der Waals surface area (Å²) in [5.74, 6) is 0.427. The van der Waals surface area contributed by atoms with Gasteiger partial charge in [0.05, 0.1) is 11.3 Å². The monoisotopic (exact) mass is 394 g/mol. The van der Waals surface area contributed by atoms with Gasteiger partial charge in [-0.3, -0.25) is 4.79 Å². The van der Waals surface area contributed by atoms with Gasteiger partial charge >= 0.3 is 6.18 Å². The van der Waals surface area contributed by atoms with E-state index in [2.05, 4.69) is 0 Å². The van der Waals surface area contributed by atoms with E-state index < -0.39 is 11.7 Å². The van der Waals surface area contributed by atoms with Crippen molar-refractivity contribution in [2.75, 3.05) is 36.8 Å². The predicted octanol–water partition coefficient (Wildman–Crippen LogP) is 4.45. The Labute approximate surface area is 161 Å². The molecule has 1 aliphatic rings. The molecule has 0 radical (unpaired) electrons. The number of piperazine rings is 1. The first-order valence-corrected chi connectivity index (χ1v) is 9.71. The summed E-state index contributed by atoms with van der Waals surface area (Å²) in [4.78, 5) is 17.1. The lowest BCUT2D eigenvalue weighted by atomic mass is 10.1. The number of carbonyl (C=O) groups is 1. The van der Waals surface area contributed by atoms with Crippen LogP contribution < -0.4 is 4.90 Å². The average molecular weight is 394 g/mol. The second-order valence-electron chi connectivity index (χ2n) is 6.52. The minimum absolute atomic E-state index is 0.0595. The zero-order valence-electron chi connectivity index (χ0n) is 15.0.